The van der Waals surface area contributed by atoms with Crippen molar-refractivity contribution in [1.29, 1.82) is 0 Å². The molecule has 1 aromatic rings. The maximum atomic E-state index is 12.4. The summed E-state index contributed by atoms with van der Waals surface area (Å²) in [7, 11) is 1.68. The quantitative estimate of drug-likeness (QED) is 0.747. The monoisotopic (exact) mass is 260 g/mol. The highest BCUT2D eigenvalue weighted by molar-refractivity contribution is 5.92. The molecule has 1 unspecified atom stereocenters. The predicted octanol–water partition coefficient (Wildman–Crippen LogP) is 4.05. The van der Waals surface area contributed by atoms with Crippen molar-refractivity contribution in [2.75, 3.05) is 7.11 Å². The number of hydrogen-bond donors (Lipinski definition) is 0. The molecule has 0 spiro atoms. The molecule has 0 radical (unpaired) electrons. The highest BCUT2D eigenvalue weighted by Gasteiger charge is 2.38. The normalized spacial score (nSPS) is 22.2. The number of fused-ring (bicyclic) bond motifs is 1. The second kappa shape index (κ2) is 5.77. The Morgan fingerprint density at radius 2 is 2.05 bits per heavy atom. The minimum absolute atomic E-state index is 0.308. The molecule has 2 heteroatoms. The highest BCUT2D eigenvalue weighted by atomic mass is 16.5. The van der Waals surface area contributed by atoms with Gasteiger partial charge in [-0.3, -0.25) is 4.79 Å². The number of rotatable bonds is 5. The van der Waals surface area contributed by atoms with Crippen molar-refractivity contribution in [2.45, 2.75) is 57.8 Å². The molecule has 0 amide bonds. The van der Waals surface area contributed by atoms with Crippen LogP contribution in [0.3, 0.4) is 0 Å². The minimum Gasteiger partial charge on any atom is -0.497 e. The van der Waals surface area contributed by atoms with Gasteiger partial charge in [0.1, 0.15) is 11.5 Å². The summed E-state index contributed by atoms with van der Waals surface area (Å²) in [6.07, 6.45) is 6.02. The first-order valence-corrected chi connectivity index (χ1v) is 7.32. The number of carbonyl (C=O) groups excluding carboxylic acids is 1. The third kappa shape index (κ3) is 2.68. The van der Waals surface area contributed by atoms with Crippen molar-refractivity contribution in [3.05, 3.63) is 29.3 Å². The van der Waals surface area contributed by atoms with Crippen molar-refractivity contribution in [3.8, 4) is 5.75 Å². The van der Waals surface area contributed by atoms with Gasteiger partial charge in [-0.15, -0.1) is 0 Å². The molecule has 0 fully saturated rings. The van der Waals surface area contributed by atoms with Gasteiger partial charge in [-0.25, -0.2) is 0 Å². The van der Waals surface area contributed by atoms with Crippen LogP contribution < -0.4 is 4.74 Å². The molecule has 1 aromatic carbocycles. The zero-order chi connectivity index (χ0) is 13.9. The minimum atomic E-state index is -0.308. The number of benzene rings is 1. The summed E-state index contributed by atoms with van der Waals surface area (Å²) >= 11 is 0. The number of carbonyl (C=O) groups is 1. The third-order valence-corrected chi connectivity index (χ3v) is 4.43. The fraction of sp³-hybridized carbons (Fsp3) is 0.588. The molecule has 104 valence electrons. The van der Waals surface area contributed by atoms with Gasteiger partial charge in [0.05, 0.1) is 12.5 Å². The molecule has 19 heavy (non-hydrogen) atoms. The Kier molecular flexibility index (Phi) is 4.28. The summed E-state index contributed by atoms with van der Waals surface area (Å²) in [6, 6.07) is 6.19. The second-order valence-electron chi connectivity index (χ2n) is 5.74. The van der Waals surface area contributed by atoms with Crippen molar-refractivity contribution in [1.82, 2.24) is 0 Å². The van der Waals surface area contributed by atoms with Crippen LogP contribution in [-0.2, 0) is 16.6 Å². The van der Waals surface area contributed by atoms with Crippen molar-refractivity contribution < 1.29 is 9.53 Å². The Balaban J connectivity index is 2.35. The largest absolute Gasteiger partial charge is 0.497 e. The average Bonchev–Trinajstić information content (AvgIpc) is 2.43. The summed E-state index contributed by atoms with van der Waals surface area (Å²) in [5.74, 6) is 1.25. The van der Waals surface area contributed by atoms with Crippen LogP contribution in [0.5, 0.6) is 5.75 Å². The lowest BCUT2D eigenvalue weighted by Gasteiger charge is -2.35. The number of Topliss-reactive ketones (excluding diaryl/α,β-unsaturated/α-hetero) is 1. The van der Waals surface area contributed by atoms with Crippen LogP contribution in [0.15, 0.2) is 18.2 Å². The van der Waals surface area contributed by atoms with Gasteiger partial charge in [-0.05, 0) is 43.0 Å². The fourth-order valence-electron chi connectivity index (χ4n) is 3.09. The lowest BCUT2D eigenvalue weighted by molar-refractivity contribution is -0.125. The molecule has 0 aromatic heterocycles. The number of ketones is 1. The van der Waals surface area contributed by atoms with Crippen LogP contribution in [0.4, 0.5) is 0 Å². The number of methoxy groups -OCH3 is 1. The van der Waals surface area contributed by atoms with Crippen molar-refractivity contribution in [3.63, 3.8) is 0 Å². The Labute approximate surface area is 116 Å². The Morgan fingerprint density at radius 1 is 1.26 bits per heavy atom. The molecule has 0 bridgehead atoms. The van der Waals surface area contributed by atoms with Crippen LogP contribution in [-0.4, -0.2) is 12.9 Å². The average molecular weight is 260 g/mol. The standard InChI is InChI=1S/C17H24O2/c1-4-5-6-11-17(2)15-12-14(19-3)9-7-13(15)8-10-16(17)18/h7,9,12H,4-6,8,10-11H2,1-3H3. The van der Waals surface area contributed by atoms with Gasteiger partial charge >= 0.3 is 0 Å². The topological polar surface area (TPSA) is 26.3 Å². The maximum Gasteiger partial charge on any atom is 0.143 e. The third-order valence-electron chi connectivity index (χ3n) is 4.43. The lowest BCUT2D eigenvalue weighted by atomic mass is 9.67. The number of ether oxygens (including phenoxy) is 1. The number of hydrogen-bond acceptors (Lipinski definition) is 2. The van der Waals surface area contributed by atoms with Crippen LogP contribution in [0, 0.1) is 0 Å². The van der Waals surface area contributed by atoms with E-state index in [-0.39, 0.29) is 5.41 Å². The molecule has 0 heterocycles. The Bertz CT molecular complexity index is 464. The molecule has 2 nitrogen and oxygen atoms in total. The van der Waals surface area contributed by atoms with Gasteiger partial charge < -0.3 is 4.74 Å². The first-order chi connectivity index (χ1) is 9.11. The molecular weight excluding hydrogens is 236 g/mol. The SMILES string of the molecule is CCCCCC1(C)C(=O)CCc2ccc(OC)cc21. The zero-order valence-electron chi connectivity index (χ0n) is 12.3. The smallest absolute Gasteiger partial charge is 0.143 e. The molecule has 2 rings (SSSR count). The van der Waals surface area contributed by atoms with Crippen LogP contribution in [0.1, 0.15) is 57.1 Å². The molecule has 0 N–H and O–H groups in total. The van der Waals surface area contributed by atoms with E-state index in [9.17, 15) is 4.79 Å². The van der Waals surface area contributed by atoms with Crippen LogP contribution >= 0.6 is 0 Å². The second-order valence-corrected chi connectivity index (χ2v) is 5.74. The van der Waals surface area contributed by atoms with E-state index >= 15 is 0 Å². The van der Waals surface area contributed by atoms with Gasteiger partial charge in [0.25, 0.3) is 0 Å². The highest BCUT2D eigenvalue weighted by Crippen LogP contribution is 2.40. The Hall–Kier alpha value is -1.31. The summed E-state index contributed by atoms with van der Waals surface area (Å²) < 4.78 is 5.32. The summed E-state index contributed by atoms with van der Waals surface area (Å²) in [5, 5.41) is 0. The Morgan fingerprint density at radius 3 is 2.74 bits per heavy atom. The van der Waals surface area contributed by atoms with Crippen molar-refractivity contribution >= 4 is 5.78 Å². The molecule has 1 aliphatic carbocycles. The van der Waals surface area contributed by atoms with E-state index in [1.165, 1.54) is 24.0 Å². The summed E-state index contributed by atoms with van der Waals surface area (Å²) in [4.78, 5) is 12.4. The molecular formula is C17H24O2. The van der Waals surface area contributed by atoms with E-state index in [2.05, 4.69) is 26.0 Å². The van der Waals surface area contributed by atoms with Gasteiger partial charge in [0.15, 0.2) is 0 Å². The molecule has 1 atom stereocenters. The van der Waals surface area contributed by atoms with Gasteiger partial charge in [0, 0.05) is 6.42 Å². The van der Waals surface area contributed by atoms with E-state index in [4.69, 9.17) is 4.74 Å². The van der Waals surface area contributed by atoms with E-state index in [0.717, 1.165) is 25.0 Å². The molecule has 1 aliphatic rings. The van der Waals surface area contributed by atoms with E-state index in [1.807, 2.05) is 6.07 Å². The maximum absolute atomic E-state index is 12.4. The molecule has 0 saturated carbocycles. The van der Waals surface area contributed by atoms with Crippen LogP contribution in [0.25, 0.3) is 0 Å². The number of aryl methyl sites for hydroxylation is 1. The first kappa shape index (κ1) is 14.1. The van der Waals surface area contributed by atoms with E-state index in [1.54, 1.807) is 7.11 Å². The van der Waals surface area contributed by atoms with Gasteiger partial charge in [-0.1, -0.05) is 32.3 Å². The fourth-order valence-corrected chi connectivity index (χ4v) is 3.09. The van der Waals surface area contributed by atoms with Gasteiger partial charge in [0.2, 0.25) is 0 Å². The van der Waals surface area contributed by atoms with E-state index < -0.39 is 0 Å². The van der Waals surface area contributed by atoms with Gasteiger partial charge in [-0.2, -0.15) is 0 Å². The molecule has 0 saturated heterocycles. The van der Waals surface area contributed by atoms with Crippen LogP contribution in [0.2, 0.25) is 0 Å². The summed E-state index contributed by atoms with van der Waals surface area (Å²) in [5.41, 5.74) is 2.20. The summed E-state index contributed by atoms with van der Waals surface area (Å²) in [6.45, 7) is 4.31. The first-order valence-electron chi connectivity index (χ1n) is 7.32. The predicted molar refractivity (Wildman–Crippen MR) is 77.8 cm³/mol. The molecule has 0 aliphatic heterocycles. The van der Waals surface area contributed by atoms with Crippen molar-refractivity contribution in [2.24, 2.45) is 0 Å². The zero-order valence-corrected chi connectivity index (χ0v) is 12.3. The van der Waals surface area contributed by atoms with E-state index in [0.29, 0.717) is 12.2 Å². The number of unbranched alkanes of at least 4 members (excludes halogenated alkanes) is 2. The lowest BCUT2D eigenvalue weighted by Crippen LogP contribution is -2.37.